The third-order valence-electron chi connectivity index (χ3n) is 13.7. The van der Waals surface area contributed by atoms with Gasteiger partial charge in [0.05, 0.1) is 0 Å². The van der Waals surface area contributed by atoms with Crippen molar-refractivity contribution in [2.45, 2.75) is 322 Å². The summed E-state index contributed by atoms with van der Waals surface area (Å²) >= 11 is 0. The molecule has 73 heavy (non-hydrogen) atoms. The van der Waals surface area contributed by atoms with E-state index in [1.807, 2.05) is 0 Å². The molecule has 0 saturated carbocycles. The molecule has 0 aromatic carbocycles. The van der Waals surface area contributed by atoms with Gasteiger partial charge in [-0.3, -0.25) is 14.4 Å². The highest BCUT2D eigenvalue weighted by molar-refractivity contribution is 5.71. The van der Waals surface area contributed by atoms with Gasteiger partial charge in [-0.15, -0.1) is 0 Å². The number of esters is 3. The first-order valence-corrected chi connectivity index (χ1v) is 31.4. The lowest BCUT2D eigenvalue weighted by Gasteiger charge is -2.18. The number of hydrogen-bond donors (Lipinski definition) is 0. The van der Waals surface area contributed by atoms with Crippen LogP contribution in [0.3, 0.4) is 0 Å². The summed E-state index contributed by atoms with van der Waals surface area (Å²) in [6.07, 6.45) is 78.9. The smallest absolute Gasteiger partial charge is 0.306 e. The lowest BCUT2D eigenvalue weighted by atomic mass is 10.0. The topological polar surface area (TPSA) is 78.9 Å². The predicted molar refractivity (Wildman–Crippen MR) is 316 cm³/mol. The molecule has 0 aliphatic carbocycles. The van der Waals surface area contributed by atoms with Gasteiger partial charge in [-0.2, -0.15) is 0 Å². The molecule has 0 radical (unpaired) electrons. The number of hydrogen-bond acceptors (Lipinski definition) is 6. The molecule has 0 aliphatic heterocycles. The molecule has 0 aromatic heterocycles. The third kappa shape index (κ3) is 59.6. The lowest BCUT2D eigenvalue weighted by Crippen LogP contribution is -2.30. The molecule has 6 heteroatoms. The first kappa shape index (κ1) is 69.8. The molecule has 0 amide bonds. The second-order valence-electron chi connectivity index (χ2n) is 21.0. The maximum Gasteiger partial charge on any atom is 0.306 e. The van der Waals surface area contributed by atoms with Crippen molar-refractivity contribution in [2.75, 3.05) is 13.2 Å². The summed E-state index contributed by atoms with van der Waals surface area (Å²) in [6.45, 7) is 6.60. The zero-order valence-corrected chi connectivity index (χ0v) is 48.4. The summed E-state index contributed by atoms with van der Waals surface area (Å²) in [5.74, 6) is -0.905. The molecule has 422 valence electrons. The predicted octanol–water partition coefficient (Wildman–Crippen LogP) is 21.3. The fraction of sp³-hybridized carbons (Fsp3) is 0.776. The fourth-order valence-electron chi connectivity index (χ4n) is 8.93. The van der Waals surface area contributed by atoms with Crippen LogP contribution in [0.5, 0.6) is 0 Å². The van der Waals surface area contributed by atoms with E-state index in [0.717, 1.165) is 89.9 Å². The van der Waals surface area contributed by atoms with Gasteiger partial charge in [-0.1, -0.05) is 273 Å². The molecule has 0 heterocycles. The zero-order chi connectivity index (χ0) is 52.9. The van der Waals surface area contributed by atoms with Crippen molar-refractivity contribution < 1.29 is 28.6 Å². The molecule has 0 bridgehead atoms. The quantitative estimate of drug-likeness (QED) is 0.0261. The van der Waals surface area contributed by atoms with Gasteiger partial charge in [-0.25, -0.2) is 0 Å². The van der Waals surface area contributed by atoms with E-state index < -0.39 is 6.10 Å². The minimum Gasteiger partial charge on any atom is -0.462 e. The van der Waals surface area contributed by atoms with Gasteiger partial charge in [0.15, 0.2) is 6.10 Å². The van der Waals surface area contributed by atoms with Crippen LogP contribution in [0, 0.1) is 0 Å². The standard InChI is InChI=1S/C67H118O6/c1-4-7-10-13-16-19-22-25-28-31-33-36-38-41-44-47-50-53-56-59-65(68)71-62-64(73-67(70)61-58-55-52-49-46-43-40-35-30-27-24-21-18-15-12-9-6-3)63-72-66(69)60-57-54-51-48-45-42-39-37-34-32-29-26-23-20-17-14-11-8-5-2/h16-17,19-20,25-26,28-29,33,36,41,44,64H,4-15,18,21-24,27,30-32,34-35,37-40,42-43,45-63H2,1-3H3/b19-16-,20-17-,28-25-,29-26-,36-33-,44-41-/t64-/m1/s1. The Labute approximate surface area is 453 Å². The molecule has 1 atom stereocenters. The van der Waals surface area contributed by atoms with Gasteiger partial charge < -0.3 is 14.2 Å². The zero-order valence-electron chi connectivity index (χ0n) is 48.4. The van der Waals surface area contributed by atoms with Crippen LogP contribution in [-0.4, -0.2) is 37.2 Å². The van der Waals surface area contributed by atoms with E-state index in [4.69, 9.17) is 14.2 Å². The Balaban J connectivity index is 4.42. The Morgan fingerprint density at radius 2 is 0.493 bits per heavy atom. The highest BCUT2D eigenvalue weighted by Gasteiger charge is 2.19. The lowest BCUT2D eigenvalue weighted by molar-refractivity contribution is -0.167. The van der Waals surface area contributed by atoms with Crippen molar-refractivity contribution in [3.63, 3.8) is 0 Å². The van der Waals surface area contributed by atoms with Crippen LogP contribution >= 0.6 is 0 Å². The molecule has 6 nitrogen and oxygen atoms in total. The minimum atomic E-state index is -0.790. The van der Waals surface area contributed by atoms with E-state index in [0.29, 0.717) is 19.3 Å². The van der Waals surface area contributed by atoms with Crippen LogP contribution in [0.15, 0.2) is 72.9 Å². The average Bonchev–Trinajstić information content (AvgIpc) is 3.39. The normalized spacial score (nSPS) is 12.5. The summed E-state index contributed by atoms with van der Waals surface area (Å²) in [7, 11) is 0. The Morgan fingerprint density at radius 1 is 0.274 bits per heavy atom. The van der Waals surface area contributed by atoms with E-state index >= 15 is 0 Å². The van der Waals surface area contributed by atoms with Crippen molar-refractivity contribution in [1.29, 1.82) is 0 Å². The summed E-state index contributed by atoms with van der Waals surface area (Å²) in [5, 5.41) is 0. The Bertz CT molecular complexity index is 1360. The largest absolute Gasteiger partial charge is 0.462 e. The summed E-state index contributed by atoms with van der Waals surface area (Å²) < 4.78 is 16.9. The van der Waals surface area contributed by atoms with E-state index in [9.17, 15) is 14.4 Å². The maximum absolute atomic E-state index is 12.9. The molecule has 0 aromatic rings. The fourth-order valence-corrected chi connectivity index (χ4v) is 8.93. The monoisotopic (exact) mass is 1020 g/mol. The maximum atomic E-state index is 12.9. The van der Waals surface area contributed by atoms with Crippen LogP contribution in [0.1, 0.15) is 316 Å². The second-order valence-corrected chi connectivity index (χ2v) is 21.0. The first-order chi connectivity index (χ1) is 36.0. The highest BCUT2D eigenvalue weighted by atomic mass is 16.6. The van der Waals surface area contributed by atoms with Crippen molar-refractivity contribution in [1.82, 2.24) is 0 Å². The SMILES string of the molecule is CCCCC/C=C\C/C=C\C/C=C\C/C=C\CCCCCC(=O)OC[C@H](COC(=O)CCCCCCCCCCC/C=C\C/C=C\CCCCC)OC(=O)CCCCCCCCCCCCCCCCCCC. The molecule has 0 spiro atoms. The number of ether oxygens (including phenoxy) is 3. The van der Waals surface area contributed by atoms with E-state index in [2.05, 4.69) is 93.7 Å². The Hall–Kier alpha value is -3.15. The van der Waals surface area contributed by atoms with Gasteiger partial charge in [-0.05, 0) is 96.3 Å². The van der Waals surface area contributed by atoms with Crippen molar-refractivity contribution in [3.8, 4) is 0 Å². The van der Waals surface area contributed by atoms with Gasteiger partial charge in [0.2, 0.25) is 0 Å². The third-order valence-corrected chi connectivity index (χ3v) is 13.7. The Kier molecular flexibility index (Phi) is 58.7. The van der Waals surface area contributed by atoms with Gasteiger partial charge in [0.1, 0.15) is 13.2 Å². The molecular weight excluding hydrogens is 901 g/mol. The number of unbranched alkanes of at least 4 members (excludes halogenated alkanes) is 34. The summed E-state index contributed by atoms with van der Waals surface area (Å²) in [4.78, 5) is 38.3. The van der Waals surface area contributed by atoms with Crippen molar-refractivity contribution in [3.05, 3.63) is 72.9 Å². The number of carbonyl (C=O) groups is 3. The van der Waals surface area contributed by atoms with E-state index in [1.54, 1.807) is 0 Å². The molecular formula is C67H118O6. The van der Waals surface area contributed by atoms with E-state index in [-0.39, 0.29) is 31.1 Å². The molecule has 0 aliphatic rings. The molecule has 0 N–H and O–H groups in total. The summed E-state index contributed by atoms with van der Waals surface area (Å²) in [6, 6.07) is 0. The van der Waals surface area contributed by atoms with Gasteiger partial charge in [0, 0.05) is 19.3 Å². The molecule has 0 saturated heterocycles. The highest BCUT2D eigenvalue weighted by Crippen LogP contribution is 2.16. The second kappa shape index (κ2) is 61.4. The van der Waals surface area contributed by atoms with Gasteiger partial charge >= 0.3 is 17.9 Å². The van der Waals surface area contributed by atoms with Gasteiger partial charge in [0.25, 0.3) is 0 Å². The molecule has 0 unspecified atom stereocenters. The van der Waals surface area contributed by atoms with Crippen molar-refractivity contribution in [2.24, 2.45) is 0 Å². The van der Waals surface area contributed by atoms with E-state index in [1.165, 1.54) is 186 Å². The van der Waals surface area contributed by atoms with Crippen LogP contribution in [-0.2, 0) is 28.6 Å². The van der Waals surface area contributed by atoms with Crippen molar-refractivity contribution >= 4 is 17.9 Å². The van der Waals surface area contributed by atoms with Crippen LogP contribution in [0.25, 0.3) is 0 Å². The van der Waals surface area contributed by atoms with Crippen LogP contribution in [0.4, 0.5) is 0 Å². The number of carbonyl (C=O) groups excluding carboxylic acids is 3. The first-order valence-electron chi connectivity index (χ1n) is 31.4. The number of allylic oxidation sites excluding steroid dienone is 12. The van der Waals surface area contributed by atoms with Crippen LogP contribution in [0.2, 0.25) is 0 Å². The van der Waals surface area contributed by atoms with Crippen LogP contribution < -0.4 is 0 Å². The summed E-state index contributed by atoms with van der Waals surface area (Å²) in [5.41, 5.74) is 0. The average molecular weight is 1020 g/mol. The molecule has 0 fully saturated rings. The number of rotatable bonds is 57. The Morgan fingerprint density at radius 3 is 0.808 bits per heavy atom. The minimum absolute atomic E-state index is 0.0854. The molecule has 0 rings (SSSR count).